The lowest BCUT2D eigenvalue weighted by atomic mass is 10.1. The van der Waals surface area contributed by atoms with Crippen LogP contribution in [0, 0.1) is 12.7 Å². The van der Waals surface area contributed by atoms with E-state index in [4.69, 9.17) is 5.11 Å². The Morgan fingerprint density at radius 1 is 1.42 bits per heavy atom. The van der Waals surface area contributed by atoms with Gasteiger partial charge >= 0.3 is 5.97 Å². The van der Waals surface area contributed by atoms with Gasteiger partial charge in [0.25, 0.3) is 0 Å². The average Bonchev–Trinajstić information content (AvgIpc) is 2.72. The lowest BCUT2D eigenvalue weighted by molar-refractivity contribution is -0.136. The summed E-state index contributed by atoms with van der Waals surface area (Å²) in [7, 11) is 1.79. The first-order valence-corrected chi connectivity index (χ1v) is 5.98. The largest absolute Gasteiger partial charge is 0.481 e. The van der Waals surface area contributed by atoms with Crippen molar-refractivity contribution < 1.29 is 14.3 Å². The van der Waals surface area contributed by atoms with E-state index in [9.17, 15) is 9.18 Å². The van der Waals surface area contributed by atoms with Gasteiger partial charge < -0.3 is 5.11 Å². The van der Waals surface area contributed by atoms with Gasteiger partial charge in [0.2, 0.25) is 0 Å². The second-order valence-electron chi connectivity index (χ2n) is 4.50. The monoisotopic (exact) mass is 262 g/mol. The fraction of sp³-hybridized carbons (Fsp3) is 0.286. The van der Waals surface area contributed by atoms with E-state index in [-0.39, 0.29) is 12.2 Å². The van der Waals surface area contributed by atoms with Gasteiger partial charge in [0, 0.05) is 19.0 Å². The van der Waals surface area contributed by atoms with Crippen LogP contribution in [0.25, 0.3) is 11.3 Å². The number of aryl methyl sites for hydroxylation is 3. The van der Waals surface area contributed by atoms with Crippen LogP contribution in [-0.4, -0.2) is 20.9 Å². The molecule has 0 aliphatic rings. The predicted molar refractivity (Wildman–Crippen MR) is 69.3 cm³/mol. The molecule has 0 amide bonds. The van der Waals surface area contributed by atoms with Crippen LogP contribution in [0.3, 0.4) is 0 Å². The molecule has 1 heterocycles. The van der Waals surface area contributed by atoms with E-state index in [2.05, 4.69) is 5.10 Å². The molecule has 19 heavy (non-hydrogen) atoms. The van der Waals surface area contributed by atoms with Crippen LogP contribution in [0.4, 0.5) is 4.39 Å². The molecule has 4 nitrogen and oxygen atoms in total. The minimum Gasteiger partial charge on any atom is -0.481 e. The van der Waals surface area contributed by atoms with Crippen molar-refractivity contribution in [3.05, 3.63) is 41.3 Å². The van der Waals surface area contributed by atoms with Crippen LogP contribution >= 0.6 is 0 Å². The van der Waals surface area contributed by atoms with Gasteiger partial charge in [-0.15, -0.1) is 0 Å². The number of aliphatic carboxylic acids is 1. The predicted octanol–water partition coefficient (Wildman–Crippen LogP) is 2.55. The Labute approximate surface area is 110 Å². The molecule has 0 spiro atoms. The number of hydrogen-bond donors (Lipinski definition) is 1. The first kappa shape index (κ1) is 13.3. The van der Waals surface area contributed by atoms with Crippen LogP contribution in [-0.2, 0) is 18.3 Å². The Hall–Kier alpha value is -2.17. The van der Waals surface area contributed by atoms with Crippen molar-refractivity contribution in [3.63, 3.8) is 0 Å². The molecule has 2 rings (SSSR count). The van der Waals surface area contributed by atoms with Gasteiger partial charge in [-0.05, 0) is 36.8 Å². The number of benzene rings is 1. The molecular weight excluding hydrogens is 247 g/mol. The van der Waals surface area contributed by atoms with E-state index < -0.39 is 5.97 Å². The molecule has 0 bridgehead atoms. The van der Waals surface area contributed by atoms with Crippen molar-refractivity contribution in [2.24, 2.45) is 7.05 Å². The number of carboxylic acid groups (broad SMARTS) is 1. The van der Waals surface area contributed by atoms with E-state index in [1.165, 1.54) is 6.07 Å². The standard InChI is InChI=1S/C14H15FN2O2/c1-9-7-10(3-5-12(9)15)13-8-11(16-17(13)2)4-6-14(18)19/h3,5,7-8H,4,6H2,1-2H3,(H,18,19). The van der Waals surface area contributed by atoms with Gasteiger partial charge in [0.1, 0.15) is 5.82 Å². The molecule has 0 fully saturated rings. The topological polar surface area (TPSA) is 55.1 Å². The molecule has 2 aromatic rings. The minimum absolute atomic E-state index is 0.0545. The molecule has 0 unspecified atom stereocenters. The lowest BCUT2D eigenvalue weighted by Crippen LogP contribution is -1.99. The van der Waals surface area contributed by atoms with E-state index >= 15 is 0 Å². The third kappa shape index (κ3) is 2.99. The SMILES string of the molecule is Cc1cc(-c2cc(CCC(=O)O)nn2C)ccc1F. The summed E-state index contributed by atoms with van der Waals surface area (Å²) < 4.78 is 14.9. The molecule has 1 N–H and O–H groups in total. The van der Waals surface area contributed by atoms with Crippen LogP contribution in [0.5, 0.6) is 0 Å². The maximum absolute atomic E-state index is 13.2. The molecular formula is C14H15FN2O2. The number of carboxylic acids is 1. The first-order valence-electron chi connectivity index (χ1n) is 5.98. The third-order valence-corrected chi connectivity index (χ3v) is 2.98. The highest BCUT2D eigenvalue weighted by Gasteiger charge is 2.10. The molecule has 0 aliphatic heterocycles. The van der Waals surface area contributed by atoms with Gasteiger partial charge in [-0.3, -0.25) is 9.48 Å². The molecule has 1 aromatic carbocycles. The van der Waals surface area contributed by atoms with Crippen molar-refractivity contribution in [2.45, 2.75) is 19.8 Å². The van der Waals surface area contributed by atoms with Gasteiger partial charge in [0.05, 0.1) is 17.8 Å². The van der Waals surface area contributed by atoms with Crippen molar-refractivity contribution >= 4 is 5.97 Å². The van der Waals surface area contributed by atoms with Gasteiger partial charge in [-0.25, -0.2) is 4.39 Å². The normalized spacial score (nSPS) is 10.7. The van der Waals surface area contributed by atoms with Crippen molar-refractivity contribution in [2.75, 3.05) is 0 Å². The highest BCUT2D eigenvalue weighted by atomic mass is 19.1. The summed E-state index contributed by atoms with van der Waals surface area (Å²) in [5.74, 6) is -1.08. The van der Waals surface area contributed by atoms with E-state index in [1.54, 1.807) is 30.8 Å². The van der Waals surface area contributed by atoms with Gasteiger partial charge in [-0.1, -0.05) is 0 Å². The number of hydrogen-bond acceptors (Lipinski definition) is 2. The fourth-order valence-corrected chi connectivity index (χ4v) is 1.96. The number of nitrogens with zero attached hydrogens (tertiary/aromatic N) is 2. The summed E-state index contributed by atoms with van der Waals surface area (Å²) in [4.78, 5) is 10.5. The maximum Gasteiger partial charge on any atom is 0.303 e. The van der Waals surface area contributed by atoms with Crippen LogP contribution in [0.1, 0.15) is 17.7 Å². The summed E-state index contributed by atoms with van der Waals surface area (Å²) >= 11 is 0. The Bertz CT molecular complexity index is 620. The van der Waals surface area contributed by atoms with Crippen molar-refractivity contribution in [3.8, 4) is 11.3 Å². The highest BCUT2D eigenvalue weighted by Crippen LogP contribution is 2.22. The third-order valence-electron chi connectivity index (χ3n) is 2.98. The van der Waals surface area contributed by atoms with Gasteiger partial charge in [-0.2, -0.15) is 5.10 Å². The zero-order chi connectivity index (χ0) is 14.0. The van der Waals surface area contributed by atoms with Gasteiger partial charge in [0.15, 0.2) is 0 Å². The van der Waals surface area contributed by atoms with Crippen LogP contribution in [0.15, 0.2) is 24.3 Å². The van der Waals surface area contributed by atoms with Crippen LogP contribution in [0.2, 0.25) is 0 Å². The molecule has 0 atom stereocenters. The Kier molecular flexibility index (Phi) is 3.64. The number of aromatic nitrogens is 2. The number of carbonyl (C=O) groups is 1. The van der Waals surface area contributed by atoms with Crippen molar-refractivity contribution in [1.29, 1.82) is 0 Å². The molecule has 0 saturated heterocycles. The van der Waals surface area contributed by atoms with E-state index in [0.29, 0.717) is 12.0 Å². The second kappa shape index (κ2) is 5.22. The van der Waals surface area contributed by atoms with E-state index in [0.717, 1.165) is 17.0 Å². The van der Waals surface area contributed by atoms with Crippen LogP contribution < -0.4 is 0 Å². The molecule has 0 aliphatic carbocycles. The number of rotatable bonds is 4. The molecule has 100 valence electrons. The minimum atomic E-state index is -0.843. The van der Waals surface area contributed by atoms with E-state index in [1.807, 2.05) is 6.07 Å². The second-order valence-corrected chi connectivity index (χ2v) is 4.50. The fourth-order valence-electron chi connectivity index (χ4n) is 1.96. The smallest absolute Gasteiger partial charge is 0.303 e. The zero-order valence-corrected chi connectivity index (χ0v) is 10.9. The quantitative estimate of drug-likeness (QED) is 0.921. The Morgan fingerprint density at radius 2 is 2.16 bits per heavy atom. The summed E-state index contributed by atoms with van der Waals surface area (Å²) in [6, 6.07) is 6.72. The number of halogens is 1. The summed E-state index contributed by atoms with van der Waals surface area (Å²) in [6.07, 6.45) is 0.447. The molecule has 0 saturated carbocycles. The molecule has 5 heteroatoms. The maximum atomic E-state index is 13.2. The summed E-state index contributed by atoms with van der Waals surface area (Å²) in [5, 5.41) is 12.9. The average molecular weight is 262 g/mol. The summed E-state index contributed by atoms with van der Waals surface area (Å²) in [6.45, 7) is 1.71. The lowest BCUT2D eigenvalue weighted by Gasteiger charge is -2.03. The zero-order valence-electron chi connectivity index (χ0n) is 10.9. The highest BCUT2D eigenvalue weighted by molar-refractivity contribution is 5.67. The Balaban J connectivity index is 2.29. The molecule has 0 radical (unpaired) electrons. The summed E-state index contributed by atoms with van der Waals surface area (Å²) in [5.41, 5.74) is 3.02. The Morgan fingerprint density at radius 3 is 2.79 bits per heavy atom. The first-order chi connectivity index (χ1) is 8.97. The van der Waals surface area contributed by atoms with Crippen molar-refractivity contribution in [1.82, 2.24) is 9.78 Å². The molecule has 1 aromatic heterocycles.